The molecule has 30 heavy (non-hydrogen) atoms. The summed E-state index contributed by atoms with van der Waals surface area (Å²) in [7, 11) is 0.517. The molecule has 0 atom stereocenters. The molecular formula is C22H29N3O4S. The molecular weight excluding hydrogens is 402 g/mol. The Morgan fingerprint density at radius 2 is 1.83 bits per heavy atom. The maximum absolute atomic E-state index is 13.3. The lowest BCUT2D eigenvalue weighted by Crippen LogP contribution is -2.30. The first-order chi connectivity index (χ1) is 14.2. The molecule has 7 nitrogen and oxygen atoms in total. The molecule has 0 N–H and O–H groups in total. The van der Waals surface area contributed by atoms with E-state index < -0.39 is 10.0 Å². The van der Waals surface area contributed by atoms with E-state index in [0.29, 0.717) is 5.49 Å². The quantitative estimate of drug-likeness (QED) is 0.729. The van der Waals surface area contributed by atoms with E-state index in [4.69, 9.17) is 9.73 Å². The number of rotatable bonds is 5. The van der Waals surface area contributed by atoms with Gasteiger partial charge < -0.3 is 4.74 Å². The number of aryl methyl sites for hydroxylation is 1. The summed E-state index contributed by atoms with van der Waals surface area (Å²) >= 11 is 0. The second-order valence-corrected chi connectivity index (χ2v) is 9.93. The zero-order valence-electron chi connectivity index (χ0n) is 18.0. The summed E-state index contributed by atoms with van der Waals surface area (Å²) in [5, 5.41) is 0. The maximum atomic E-state index is 13.3. The fourth-order valence-corrected chi connectivity index (χ4v) is 4.68. The third kappa shape index (κ3) is 4.65. The van der Waals surface area contributed by atoms with Crippen molar-refractivity contribution in [2.45, 2.75) is 50.0 Å². The number of carbonyl (C=O) groups excluding carboxylic acids is 1. The summed E-state index contributed by atoms with van der Waals surface area (Å²) in [5.41, 5.74) is 1.86. The highest BCUT2D eigenvalue weighted by Gasteiger charge is 2.24. The molecule has 0 amide bonds. The van der Waals surface area contributed by atoms with E-state index in [1.54, 1.807) is 12.3 Å². The van der Waals surface area contributed by atoms with Crippen molar-refractivity contribution in [1.29, 1.82) is 0 Å². The number of ether oxygens (including phenoxy) is 1. The average Bonchev–Trinajstić information content (AvgIpc) is 2.73. The number of methoxy groups -OCH3 is 1. The molecule has 1 aromatic carbocycles. The van der Waals surface area contributed by atoms with Crippen LogP contribution in [0.4, 0.5) is 0 Å². The van der Waals surface area contributed by atoms with E-state index >= 15 is 0 Å². The molecule has 2 aromatic rings. The Balaban J connectivity index is 2.09. The Morgan fingerprint density at radius 1 is 1.13 bits per heavy atom. The molecule has 1 saturated carbocycles. The minimum absolute atomic E-state index is 0.0423. The van der Waals surface area contributed by atoms with Gasteiger partial charge in [-0.25, -0.2) is 12.7 Å². The Morgan fingerprint density at radius 3 is 2.47 bits per heavy atom. The third-order valence-corrected chi connectivity index (χ3v) is 7.20. The third-order valence-electron chi connectivity index (χ3n) is 5.37. The van der Waals surface area contributed by atoms with Gasteiger partial charge in [0.1, 0.15) is 16.1 Å². The SMILES string of the molecule is COc1ccc(C(=O)n2ccc(C)cc2=NC2CCCCC2)cc1S(=O)(=O)N(C)C. The maximum Gasteiger partial charge on any atom is 0.263 e. The lowest BCUT2D eigenvalue weighted by atomic mass is 9.96. The molecule has 162 valence electrons. The largest absolute Gasteiger partial charge is 0.495 e. The van der Waals surface area contributed by atoms with E-state index in [-0.39, 0.29) is 28.2 Å². The van der Waals surface area contributed by atoms with Gasteiger partial charge in [0.2, 0.25) is 10.0 Å². The summed E-state index contributed by atoms with van der Waals surface area (Å²) in [6.45, 7) is 1.96. The Hall–Kier alpha value is -2.45. The molecule has 1 aliphatic carbocycles. The number of sulfonamides is 1. The van der Waals surface area contributed by atoms with Crippen molar-refractivity contribution in [3.63, 3.8) is 0 Å². The minimum atomic E-state index is -3.77. The summed E-state index contributed by atoms with van der Waals surface area (Å²) in [6, 6.07) is 8.41. The topological polar surface area (TPSA) is 81.0 Å². The lowest BCUT2D eigenvalue weighted by molar-refractivity contribution is 0.0954. The van der Waals surface area contributed by atoms with Crippen LogP contribution in [0.1, 0.15) is 48.0 Å². The van der Waals surface area contributed by atoms with Crippen LogP contribution in [0.2, 0.25) is 0 Å². The predicted molar refractivity (Wildman–Crippen MR) is 115 cm³/mol. The van der Waals surface area contributed by atoms with Gasteiger partial charge >= 0.3 is 0 Å². The predicted octanol–water partition coefficient (Wildman–Crippen LogP) is 2.98. The summed E-state index contributed by atoms with van der Waals surface area (Å²) in [4.78, 5) is 18.1. The second-order valence-electron chi connectivity index (χ2n) is 7.81. The van der Waals surface area contributed by atoms with Gasteiger partial charge in [0, 0.05) is 25.9 Å². The molecule has 0 unspecified atom stereocenters. The molecule has 3 rings (SSSR count). The number of pyridine rings is 1. The second kappa shape index (κ2) is 9.14. The molecule has 0 radical (unpaired) electrons. The van der Waals surface area contributed by atoms with Crippen molar-refractivity contribution in [2.75, 3.05) is 21.2 Å². The number of aromatic nitrogens is 1. The van der Waals surface area contributed by atoms with Gasteiger partial charge in [-0.05, 0) is 55.7 Å². The van der Waals surface area contributed by atoms with Crippen LogP contribution in [0.25, 0.3) is 0 Å². The normalized spacial score (nSPS) is 16.1. The monoisotopic (exact) mass is 431 g/mol. The molecule has 8 heteroatoms. The fraction of sp³-hybridized carbons (Fsp3) is 0.455. The highest BCUT2D eigenvalue weighted by atomic mass is 32.2. The fourth-order valence-electron chi connectivity index (χ4n) is 3.61. The summed E-state index contributed by atoms with van der Waals surface area (Å²) in [6.07, 6.45) is 7.28. The van der Waals surface area contributed by atoms with Crippen LogP contribution in [0.3, 0.4) is 0 Å². The first-order valence-corrected chi connectivity index (χ1v) is 11.6. The minimum Gasteiger partial charge on any atom is -0.495 e. The van der Waals surface area contributed by atoms with Crippen molar-refractivity contribution in [3.8, 4) is 5.75 Å². The van der Waals surface area contributed by atoms with Crippen LogP contribution in [0.5, 0.6) is 5.75 Å². The van der Waals surface area contributed by atoms with Gasteiger partial charge in [-0.2, -0.15) is 0 Å². The number of benzene rings is 1. The average molecular weight is 432 g/mol. The zero-order chi connectivity index (χ0) is 21.9. The van der Waals surface area contributed by atoms with E-state index in [1.807, 2.05) is 19.1 Å². The van der Waals surface area contributed by atoms with Gasteiger partial charge in [-0.1, -0.05) is 19.3 Å². The van der Waals surface area contributed by atoms with Crippen LogP contribution < -0.4 is 10.2 Å². The van der Waals surface area contributed by atoms with Crippen molar-refractivity contribution in [1.82, 2.24) is 8.87 Å². The smallest absolute Gasteiger partial charge is 0.263 e. The van der Waals surface area contributed by atoms with Crippen LogP contribution in [0, 0.1) is 6.92 Å². The van der Waals surface area contributed by atoms with Gasteiger partial charge in [-0.15, -0.1) is 0 Å². The van der Waals surface area contributed by atoms with E-state index in [2.05, 4.69) is 0 Å². The van der Waals surface area contributed by atoms with Crippen LogP contribution in [0.15, 0.2) is 46.4 Å². The first-order valence-electron chi connectivity index (χ1n) is 10.1. The van der Waals surface area contributed by atoms with E-state index in [0.717, 1.165) is 35.6 Å². The zero-order valence-corrected chi connectivity index (χ0v) is 18.8. The summed E-state index contributed by atoms with van der Waals surface area (Å²) < 4.78 is 33.2. The van der Waals surface area contributed by atoms with E-state index in [1.165, 1.54) is 44.3 Å². The highest BCUT2D eigenvalue weighted by molar-refractivity contribution is 7.89. The Labute approximate surface area is 178 Å². The van der Waals surface area contributed by atoms with E-state index in [9.17, 15) is 13.2 Å². The van der Waals surface area contributed by atoms with Crippen molar-refractivity contribution < 1.29 is 17.9 Å². The molecule has 1 aromatic heterocycles. The lowest BCUT2D eigenvalue weighted by Gasteiger charge is -2.18. The number of hydrogen-bond donors (Lipinski definition) is 0. The van der Waals surface area contributed by atoms with Gasteiger partial charge in [0.05, 0.1) is 13.2 Å². The van der Waals surface area contributed by atoms with Crippen molar-refractivity contribution >= 4 is 15.9 Å². The molecule has 0 bridgehead atoms. The highest BCUT2D eigenvalue weighted by Crippen LogP contribution is 2.27. The van der Waals surface area contributed by atoms with Gasteiger partial charge in [0.15, 0.2) is 0 Å². The van der Waals surface area contributed by atoms with Crippen molar-refractivity contribution in [2.24, 2.45) is 4.99 Å². The number of hydrogen-bond acceptors (Lipinski definition) is 5. The Bertz CT molecular complexity index is 1100. The first kappa shape index (κ1) is 22.2. The molecule has 0 saturated heterocycles. The summed E-state index contributed by atoms with van der Waals surface area (Å²) in [5.74, 6) is -0.135. The van der Waals surface area contributed by atoms with Crippen LogP contribution in [-0.4, -0.2) is 50.4 Å². The molecule has 1 aliphatic rings. The van der Waals surface area contributed by atoms with Crippen molar-refractivity contribution in [3.05, 3.63) is 53.1 Å². The number of nitrogens with zero attached hydrogens (tertiary/aromatic N) is 3. The van der Waals surface area contributed by atoms with Crippen LogP contribution >= 0.6 is 0 Å². The number of carbonyl (C=O) groups is 1. The van der Waals surface area contributed by atoms with Gasteiger partial charge in [0.25, 0.3) is 5.91 Å². The molecule has 1 fully saturated rings. The van der Waals surface area contributed by atoms with Crippen LogP contribution in [-0.2, 0) is 10.0 Å². The molecule has 0 spiro atoms. The Kier molecular flexibility index (Phi) is 6.77. The van der Waals surface area contributed by atoms with Gasteiger partial charge in [-0.3, -0.25) is 14.4 Å². The molecule has 1 heterocycles. The standard InChI is InChI=1S/C22H29N3O4S/c1-16-12-13-25(21(14-16)23-18-8-6-5-7-9-18)22(26)17-10-11-19(29-4)20(15-17)30(27,28)24(2)3/h10-15,18H,5-9H2,1-4H3. The molecule has 0 aliphatic heterocycles.